The molecule has 0 unspecified atom stereocenters. The number of halogens is 1. The third-order valence-electron chi connectivity index (χ3n) is 4.06. The number of aliphatic hydroxyl groups excluding tert-OH is 1. The van der Waals surface area contributed by atoms with Gasteiger partial charge in [0, 0.05) is 5.75 Å². The standard InChI is InChI=1S/C20H18FNO3S/c1-13-2-6-15(7-3-13)17-18(26-11-10-23)20(25)22(19(17)24)12-14-4-8-16(21)9-5-14/h2-9,23H,10-12H2,1H3. The van der Waals surface area contributed by atoms with Crippen LogP contribution in [0.2, 0.25) is 0 Å². The molecule has 0 saturated carbocycles. The van der Waals surface area contributed by atoms with Crippen LogP contribution in [0.4, 0.5) is 4.39 Å². The van der Waals surface area contributed by atoms with Crippen LogP contribution in [0.25, 0.3) is 5.57 Å². The molecule has 2 aromatic carbocycles. The van der Waals surface area contributed by atoms with Crippen LogP contribution in [-0.4, -0.2) is 34.2 Å². The molecule has 0 spiro atoms. The largest absolute Gasteiger partial charge is 0.396 e. The minimum absolute atomic E-state index is 0.0799. The topological polar surface area (TPSA) is 57.6 Å². The first kappa shape index (κ1) is 18.4. The van der Waals surface area contributed by atoms with Crippen LogP contribution in [0, 0.1) is 12.7 Å². The van der Waals surface area contributed by atoms with E-state index >= 15 is 0 Å². The van der Waals surface area contributed by atoms with Crippen molar-refractivity contribution in [3.05, 3.63) is 75.9 Å². The third-order valence-corrected chi connectivity index (χ3v) is 5.11. The molecular formula is C20H18FNO3S. The fourth-order valence-electron chi connectivity index (χ4n) is 2.73. The van der Waals surface area contributed by atoms with E-state index in [9.17, 15) is 14.0 Å². The van der Waals surface area contributed by atoms with Crippen molar-refractivity contribution >= 4 is 29.1 Å². The molecule has 3 rings (SSSR count). The number of aryl methyl sites for hydroxylation is 1. The monoisotopic (exact) mass is 371 g/mol. The van der Waals surface area contributed by atoms with Crippen molar-refractivity contribution in [1.82, 2.24) is 4.90 Å². The molecule has 6 heteroatoms. The van der Waals surface area contributed by atoms with E-state index in [0.29, 0.717) is 27.4 Å². The van der Waals surface area contributed by atoms with Crippen molar-refractivity contribution in [3.8, 4) is 0 Å². The van der Waals surface area contributed by atoms with Gasteiger partial charge in [-0.05, 0) is 30.2 Å². The molecule has 4 nitrogen and oxygen atoms in total. The lowest BCUT2D eigenvalue weighted by molar-refractivity contribution is -0.137. The molecule has 1 aliphatic rings. The van der Waals surface area contributed by atoms with Gasteiger partial charge in [-0.25, -0.2) is 4.39 Å². The smallest absolute Gasteiger partial charge is 0.268 e. The number of carbonyl (C=O) groups is 2. The average Bonchev–Trinajstić information content (AvgIpc) is 2.87. The van der Waals surface area contributed by atoms with Crippen LogP contribution in [0.1, 0.15) is 16.7 Å². The van der Waals surface area contributed by atoms with Gasteiger partial charge < -0.3 is 5.11 Å². The molecule has 0 aliphatic carbocycles. The summed E-state index contributed by atoms with van der Waals surface area (Å²) < 4.78 is 13.1. The summed E-state index contributed by atoms with van der Waals surface area (Å²) in [4.78, 5) is 27.3. The Hall–Kier alpha value is -2.44. The first-order valence-electron chi connectivity index (χ1n) is 8.17. The Balaban J connectivity index is 1.94. The minimum atomic E-state index is -0.381. The van der Waals surface area contributed by atoms with Gasteiger partial charge in [0.15, 0.2) is 0 Å². The van der Waals surface area contributed by atoms with E-state index in [4.69, 9.17) is 5.11 Å². The second-order valence-electron chi connectivity index (χ2n) is 5.97. The Morgan fingerprint density at radius 3 is 2.27 bits per heavy atom. The van der Waals surface area contributed by atoms with Crippen molar-refractivity contribution < 1.29 is 19.1 Å². The summed E-state index contributed by atoms with van der Waals surface area (Å²) in [5.41, 5.74) is 2.76. The first-order valence-corrected chi connectivity index (χ1v) is 9.15. The molecule has 0 bridgehead atoms. The van der Waals surface area contributed by atoms with E-state index in [-0.39, 0.29) is 30.8 Å². The fourth-order valence-corrected chi connectivity index (χ4v) is 3.60. The lowest BCUT2D eigenvalue weighted by atomic mass is 10.0. The number of nitrogens with zero attached hydrogens (tertiary/aromatic N) is 1. The second kappa shape index (κ2) is 7.85. The third kappa shape index (κ3) is 3.71. The highest BCUT2D eigenvalue weighted by Crippen LogP contribution is 2.36. The molecule has 0 saturated heterocycles. The fraction of sp³-hybridized carbons (Fsp3) is 0.200. The highest BCUT2D eigenvalue weighted by Gasteiger charge is 2.38. The van der Waals surface area contributed by atoms with Gasteiger partial charge >= 0.3 is 0 Å². The van der Waals surface area contributed by atoms with Crippen molar-refractivity contribution in [1.29, 1.82) is 0 Å². The van der Waals surface area contributed by atoms with E-state index in [2.05, 4.69) is 0 Å². The summed E-state index contributed by atoms with van der Waals surface area (Å²) in [5, 5.41) is 9.11. The van der Waals surface area contributed by atoms with Crippen molar-refractivity contribution in [3.63, 3.8) is 0 Å². The van der Waals surface area contributed by atoms with Gasteiger partial charge in [-0.2, -0.15) is 0 Å². The molecule has 1 aliphatic heterocycles. The van der Waals surface area contributed by atoms with Gasteiger partial charge in [-0.15, -0.1) is 11.8 Å². The van der Waals surface area contributed by atoms with Gasteiger partial charge in [-0.1, -0.05) is 42.0 Å². The van der Waals surface area contributed by atoms with E-state index in [1.807, 2.05) is 31.2 Å². The van der Waals surface area contributed by atoms with Gasteiger partial charge in [0.1, 0.15) is 5.82 Å². The van der Waals surface area contributed by atoms with Crippen LogP contribution >= 0.6 is 11.8 Å². The van der Waals surface area contributed by atoms with Crippen molar-refractivity contribution in [2.24, 2.45) is 0 Å². The summed E-state index contributed by atoms with van der Waals surface area (Å²) in [6, 6.07) is 13.1. The molecule has 26 heavy (non-hydrogen) atoms. The maximum Gasteiger partial charge on any atom is 0.268 e. The summed E-state index contributed by atoms with van der Waals surface area (Å²) in [6.07, 6.45) is 0. The molecule has 0 atom stereocenters. The first-order chi connectivity index (χ1) is 12.5. The van der Waals surface area contributed by atoms with Crippen LogP contribution in [0.5, 0.6) is 0 Å². The lowest BCUT2D eigenvalue weighted by Crippen LogP contribution is -2.31. The van der Waals surface area contributed by atoms with Crippen LogP contribution < -0.4 is 0 Å². The number of thioether (sulfide) groups is 1. The molecule has 0 aromatic heterocycles. The number of imide groups is 1. The Labute approximate surface area is 155 Å². The average molecular weight is 371 g/mol. The van der Waals surface area contributed by atoms with Crippen LogP contribution in [-0.2, 0) is 16.1 Å². The Bertz CT molecular complexity index is 860. The highest BCUT2D eigenvalue weighted by molar-refractivity contribution is 8.04. The quantitative estimate of drug-likeness (QED) is 0.793. The maximum atomic E-state index is 13.1. The summed E-state index contributed by atoms with van der Waals surface area (Å²) >= 11 is 1.18. The Morgan fingerprint density at radius 1 is 1.00 bits per heavy atom. The summed E-state index contributed by atoms with van der Waals surface area (Å²) in [5.74, 6) is -0.795. The zero-order valence-corrected chi connectivity index (χ0v) is 15.1. The number of hydrogen-bond acceptors (Lipinski definition) is 4. The molecule has 1 heterocycles. The predicted octanol–water partition coefficient (Wildman–Crippen LogP) is 3.14. The molecule has 2 amide bonds. The van der Waals surface area contributed by atoms with E-state index in [1.165, 1.54) is 28.8 Å². The molecule has 2 aromatic rings. The number of rotatable bonds is 6. The van der Waals surface area contributed by atoms with Crippen LogP contribution in [0.3, 0.4) is 0 Å². The number of carbonyl (C=O) groups excluding carboxylic acids is 2. The van der Waals surface area contributed by atoms with Crippen molar-refractivity contribution in [2.45, 2.75) is 13.5 Å². The van der Waals surface area contributed by atoms with E-state index in [1.54, 1.807) is 12.1 Å². The molecular weight excluding hydrogens is 353 g/mol. The molecule has 0 fully saturated rings. The Morgan fingerprint density at radius 2 is 1.65 bits per heavy atom. The minimum Gasteiger partial charge on any atom is -0.396 e. The van der Waals surface area contributed by atoms with Crippen LogP contribution in [0.15, 0.2) is 53.4 Å². The second-order valence-corrected chi connectivity index (χ2v) is 7.07. The Kier molecular flexibility index (Phi) is 5.54. The molecule has 134 valence electrons. The van der Waals surface area contributed by atoms with Crippen molar-refractivity contribution in [2.75, 3.05) is 12.4 Å². The lowest BCUT2D eigenvalue weighted by Gasteiger charge is -2.15. The SMILES string of the molecule is Cc1ccc(C2=C(SCCO)C(=O)N(Cc3ccc(F)cc3)C2=O)cc1. The zero-order chi connectivity index (χ0) is 18.7. The predicted molar refractivity (Wildman–Crippen MR) is 99.6 cm³/mol. The number of hydrogen-bond donors (Lipinski definition) is 1. The highest BCUT2D eigenvalue weighted by atomic mass is 32.2. The number of aliphatic hydroxyl groups is 1. The van der Waals surface area contributed by atoms with Gasteiger partial charge in [0.2, 0.25) is 0 Å². The number of amides is 2. The zero-order valence-electron chi connectivity index (χ0n) is 14.2. The van der Waals surface area contributed by atoms with Gasteiger partial charge in [-0.3, -0.25) is 14.5 Å². The van der Waals surface area contributed by atoms with Gasteiger partial charge in [0.25, 0.3) is 11.8 Å². The molecule has 0 radical (unpaired) electrons. The number of benzene rings is 2. The summed E-state index contributed by atoms with van der Waals surface area (Å²) in [7, 11) is 0. The molecule has 1 N–H and O–H groups in total. The maximum absolute atomic E-state index is 13.1. The normalized spacial score (nSPS) is 14.5. The van der Waals surface area contributed by atoms with E-state index < -0.39 is 0 Å². The summed E-state index contributed by atoms with van der Waals surface area (Å²) in [6.45, 7) is 1.94. The van der Waals surface area contributed by atoms with Gasteiger partial charge in [0.05, 0.1) is 23.6 Å². The van der Waals surface area contributed by atoms with E-state index in [0.717, 1.165) is 5.56 Å².